The number of benzene rings is 1. The third-order valence-corrected chi connectivity index (χ3v) is 4.13. The van der Waals surface area contributed by atoms with E-state index < -0.39 is 0 Å². The Labute approximate surface area is 128 Å². The van der Waals surface area contributed by atoms with Crippen LogP contribution < -0.4 is 4.74 Å². The van der Waals surface area contributed by atoms with Crippen molar-refractivity contribution >= 4 is 5.78 Å². The third-order valence-electron chi connectivity index (χ3n) is 4.13. The molecule has 1 aliphatic heterocycles. The SMILES string of the molecule is CCOc1ccc(C(=O)C(C)CN2CCCCCC2)cc1. The summed E-state index contributed by atoms with van der Waals surface area (Å²) < 4.78 is 5.42. The van der Waals surface area contributed by atoms with Crippen LogP contribution in [0.1, 0.15) is 49.9 Å². The van der Waals surface area contributed by atoms with Crippen LogP contribution in [0.2, 0.25) is 0 Å². The summed E-state index contributed by atoms with van der Waals surface area (Å²) in [7, 11) is 0. The van der Waals surface area contributed by atoms with Crippen molar-refractivity contribution in [3.63, 3.8) is 0 Å². The number of carbonyl (C=O) groups is 1. The Kier molecular flexibility index (Phi) is 6.24. The Morgan fingerprint density at radius 2 is 1.76 bits per heavy atom. The lowest BCUT2D eigenvalue weighted by Gasteiger charge is -2.23. The lowest BCUT2D eigenvalue weighted by atomic mass is 9.98. The second kappa shape index (κ2) is 8.18. The molecule has 1 heterocycles. The lowest BCUT2D eigenvalue weighted by Crippen LogP contribution is -2.32. The Hall–Kier alpha value is -1.35. The highest BCUT2D eigenvalue weighted by atomic mass is 16.5. The molecule has 0 aliphatic carbocycles. The molecular formula is C18H27NO2. The number of nitrogens with zero attached hydrogens (tertiary/aromatic N) is 1. The fourth-order valence-corrected chi connectivity index (χ4v) is 2.96. The molecule has 0 aromatic heterocycles. The number of Topliss-reactive ketones (excluding diaryl/α,β-unsaturated/α-hetero) is 1. The topological polar surface area (TPSA) is 29.5 Å². The van der Waals surface area contributed by atoms with Gasteiger partial charge in [0.05, 0.1) is 6.61 Å². The van der Waals surface area contributed by atoms with Gasteiger partial charge in [0.1, 0.15) is 5.75 Å². The predicted molar refractivity (Wildman–Crippen MR) is 86.0 cm³/mol. The maximum atomic E-state index is 12.5. The normalized spacial score (nSPS) is 18.0. The van der Waals surface area contributed by atoms with Gasteiger partial charge in [-0.3, -0.25) is 4.79 Å². The maximum absolute atomic E-state index is 12.5. The highest BCUT2D eigenvalue weighted by Gasteiger charge is 2.19. The van der Waals surface area contributed by atoms with Crippen LogP contribution >= 0.6 is 0 Å². The molecule has 1 atom stereocenters. The van der Waals surface area contributed by atoms with Crippen LogP contribution in [0, 0.1) is 5.92 Å². The van der Waals surface area contributed by atoms with E-state index in [-0.39, 0.29) is 11.7 Å². The Morgan fingerprint density at radius 1 is 1.14 bits per heavy atom. The molecule has 0 spiro atoms. The van der Waals surface area contributed by atoms with Crippen molar-refractivity contribution in [3.8, 4) is 5.75 Å². The Bertz CT molecular complexity index is 433. The van der Waals surface area contributed by atoms with Gasteiger partial charge in [-0.25, -0.2) is 0 Å². The summed E-state index contributed by atoms with van der Waals surface area (Å²) in [6.45, 7) is 7.82. The Balaban J connectivity index is 1.91. The van der Waals surface area contributed by atoms with E-state index in [0.29, 0.717) is 6.61 Å². The van der Waals surface area contributed by atoms with E-state index in [2.05, 4.69) is 4.90 Å². The predicted octanol–water partition coefficient (Wildman–Crippen LogP) is 3.78. The van der Waals surface area contributed by atoms with Crippen molar-refractivity contribution in [2.75, 3.05) is 26.2 Å². The smallest absolute Gasteiger partial charge is 0.166 e. The molecule has 1 unspecified atom stereocenters. The molecule has 1 fully saturated rings. The average molecular weight is 289 g/mol. The summed E-state index contributed by atoms with van der Waals surface area (Å²) in [6, 6.07) is 7.53. The summed E-state index contributed by atoms with van der Waals surface area (Å²) in [6.07, 6.45) is 5.20. The molecule has 0 radical (unpaired) electrons. The minimum absolute atomic E-state index is 0.0565. The highest BCUT2D eigenvalue weighted by molar-refractivity contribution is 5.97. The average Bonchev–Trinajstić information content (AvgIpc) is 2.76. The van der Waals surface area contributed by atoms with E-state index >= 15 is 0 Å². The standard InChI is InChI=1S/C18H27NO2/c1-3-21-17-10-8-16(9-11-17)18(20)15(2)14-19-12-6-4-5-7-13-19/h8-11,15H,3-7,12-14H2,1-2H3. The zero-order chi connectivity index (χ0) is 15.1. The minimum atomic E-state index is 0.0565. The molecular weight excluding hydrogens is 262 g/mol. The van der Waals surface area contributed by atoms with Gasteiger partial charge >= 0.3 is 0 Å². The zero-order valence-corrected chi connectivity index (χ0v) is 13.3. The lowest BCUT2D eigenvalue weighted by molar-refractivity contribution is 0.0895. The maximum Gasteiger partial charge on any atom is 0.166 e. The van der Waals surface area contributed by atoms with Gasteiger partial charge in [-0.05, 0) is 57.1 Å². The molecule has 3 nitrogen and oxygen atoms in total. The van der Waals surface area contributed by atoms with E-state index in [1.165, 1.54) is 25.7 Å². The molecule has 0 amide bonds. The van der Waals surface area contributed by atoms with E-state index in [9.17, 15) is 4.79 Å². The van der Waals surface area contributed by atoms with Gasteiger partial charge in [-0.15, -0.1) is 0 Å². The van der Waals surface area contributed by atoms with Crippen LogP contribution in [-0.2, 0) is 0 Å². The van der Waals surface area contributed by atoms with E-state index in [4.69, 9.17) is 4.74 Å². The van der Waals surface area contributed by atoms with Crippen LogP contribution in [0.25, 0.3) is 0 Å². The third kappa shape index (κ3) is 4.85. The number of ketones is 1. The van der Waals surface area contributed by atoms with Crippen LogP contribution in [0.4, 0.5) is 0 Å². The van der Waals surface area contributed by atoms with Gasteiger partial charge in [0.15, 0.2) is 5.78 Å². The molecule has 3 heteroatoms. The number of carbonyl (C=O) groups excluding carboxylic acids is 1. The number of rotatable bonds is 6. The van der Waals surface area contributed by atoms with Crippen molar-refractivity contribution in [2.24, 2.45) is 5.92 Å². The van der Waals surface area contributed by atoms with Crippen molar-refractivity contribution in [1.29, 1.82) is 0 Å². The summed E-state index contributed by atoms with van der Waals surface area (Å²) in [5.74, 6) is 1.12. The van der Waals surface area contributed by atoms with Gasteiger partial charge in [0.25, 0.3) is 0 Å². The van der Waals surface area contributed by atoms with Crippen LogP contribution in [0.5, 0.6) is 5.75 Å². The Morgan fingerprint density at radius 3 is 2.33 bits per heavy atom. The second-order valence-corrected chi connectivity index (χ2v) is 5.94. The van der Waals surface area contributed by atoms with Crippen molar-refractivity contribution < 1.29 is 9.53 Å². The van der Waals surface area contributed by atoms with Crippen LogP contribution in [-0.4, -0.2) is 36.9 Å². The molecule has 1 aromatic rings. The summed E-state index contributed by atoms with van der Waals surface area (Å²) in [5, 5.41) is 0. The molecule has 21 heavy (non-hydrogen) atoms. The number of hydrogen-bond acceptors (Lipinski definition) is 3. The van der Waals surface area contributed by atoms with Gasteiger partial charge < -0.3 is 9.64 Å². The van der Waals surface area contributed by atoms with E-state index in [0.717, 1.165) is 30.9 Å². The summed E-state index contributed by atoms with van der Waals surface area (Å²) in [4.78, 5) is 15.0. The molecule has 1 saturated heterocycles. The van der Waals surface area contributed by atoms with Crippen molar-refractivity contribution in [1.82, 2.24) is 4.90 Å². The fourth-order valence-electron chi connectivity index (χ4n) is 2.96. The molecule has 116 valence electrons. The summed E-state index contributed by atoms with van der Waals surface area (Å²) in [5.41, 5.74) is 0.792. The quantitative estimate of drug-likeness (QED) is 0.746. The van der Waals surface area contributed by atoms with E-state index in [1.807, 2.05) is 38.1 Å². The zero-order valence-electron chi connectivity index (χ0n) is 13.3. The number of hydrogen-bond donors (Lipinski definition) is 0. The number of likely N-dealkylation sites (tertiary alicyclic amines) is 1. The molecule has 0 bridgehead atoms. The van der Waals surface area contributed by atoms with Crippen LogP contribution in [0.15, 0.2) is 24.3 Å². The van der Waals surface area contributed by atoms with E-state index in [1.54, 1.807) is 0 Å². The highest BCUT2D eigenvalue weighted by Crippen LogP contribution is 2.17. The molecule has 2 rings (SSSR count). The first-order valence-electron chi connectivity index (χ1n) is 8.20. The molecule has 0 saturated carbocycles. The van der Waals surface area contributed by atoms with Gasteiger partial charge in [-0.1, -0.05) is 19.8 Å². The van der Waals surface area contributed by atoms with Crippen LogP contribution in [0.3, 0.4) is 0 Å². The van der Waals surface area contributed by atoms with Crippen molar-refractivity contribution in [2.45, 2.75) is 39.5 Å². The summed E-state index contributed by atoms with van der Waals surface area (Å²) >= 11 is 0. The molecule has 1 aliphatic rings. The van der Waals surface area contributed by atoms with Gasteiger partial charge in [-0.2, -0.15) is 0 Å². The molecule has 1 aromatic carbocycles. The number of ether oxygens (including phenoxy) is 1. The van der Waals surface area contributed by atoms with Gasteiger partial charge in [0.2, 0.25) is 0 Å². The molecule has 0 N–H and O–H groups in total. The first-order valence-corrected chi connectivity index (χ1v) is 8.20. The monoisotopic (exact) mass is 289 g/mol. The van der Waals surface area contributed by atoms with Gasteiger partial charge in [0, 0.05) is 18.0 Å². The van der Waals surface area contributed by atoms with Crippen molar-refractivity contribution in [3.05, 3.63) is 29.8 Å². The first kappa shape index (κ1) is 16.0. The second-order valence-electron chi connectivity index (χ2n) is 5.94. The fraction of sp³-hybridized carbons (Fsp3) is 0.611. The minimum Gasteiger partial charge on any atom is -0.494 e. The largest absolute Gasteiger partial charge is 0.494 e. The first-order chi connectivity index (χ1) is 10.2.